The number of nitrogens with zero attached hydrogens (tertiary/aromatic N) is 3. The predicted octanol–water partition coefficient (Wildman–Crippen LogP) is 4.13. The van der Waals surface area contributed by atoms with E-state index in [0.717, 1.165) is 22.8 Å². The second kappa shape index (κ2) is 9.62. The highest BCUT2D eigenvalue weighted by atomic mass is 32.1. The molecule has 1 N–H and O–H groups in total. The van der Waals surface area contributed by atoms with Crippen LogP contribution >= 0.6 is 11.3 Å². The molecule has 1 aliphatic rings. The number of ether oxygens (including phenoxy) is 2. The van der Waals surface area contributed by atoms with E-state index in [0.29, 0.717) is 43.5 Å². The molecule has 31 heavy (non-hydrogen) atoms. The summed E-state index contributed by atoms with van der Waals surface area (Å²) in [4.78, 5) is 19.5. The van der Waals surface area contributed by atoms with Crippen LogP contribution < -0.4 is 4.74 Å². The van der Waals surface area contributed by atoms with E-state index in [1.54, 1.807) is 5.51 Å². The molecule has 1 saturated heterocycles. The van der Waals surface area contributed by atoms with Gasteiger partial charge in [-0.05, 0) is 36.6 Å². The van der Waals surface area contributed by atoms with Crippen LogP contribution in [0.5, 0.6) is 5.75 Å². The van der Waals surface area contributed by atoms with Crippen LogP contribution in [0.25, 0.3) is 0 Å². The van der Waals surface area contributed by atoms with Crippen molar-refractivity contribution in [2.45, 2.75) is 39.2 Å². The minimum Gasteiger partial charge on any atom is -0.493 e. The lowest BCUT2D eigenvalue weighted by Crippen LogP contribution is -2.42. The van der Waals surface area contributed by atoms with Crippen LogP contribution in [0.1, 0.15) is 58.2 Å². The normalized spacial score (nSPS) is 16.6. The summed E-state index contributed by atoms with van der Waals surface area (Å²) in [6, 6.07) is 10.2. The Morgan fingerprint density at radius 2 is 2.16 bits per heavy atom. The molecule has 1 amide bonds. The molecular weight excluding hydrogens is 412 g/mol. The molecule has 0 bridgehead atoms. The van der Waals surface area contributed by atoms with Gasteiger partial charge in [0.05, 0.1) is 36.7 Å². The van der Waals surface area contributed by atoms with Crippen molar-refractivity contribution in [3.05, 3.63) is 63.4 Å². The first kappa shape index (κ1) is 21.5. The number of aromatic amines is 1. The highest BCUT2D eigenvalue weighted by molar-refractivity contribution is 7.11. The number of aromatic nitrogens is 3. The van der Waals surface area contributed by atoms with Crippen molar-refractivity contribution in [2.24, 2.45) is 0 Å². The number of rotatable bonds is 7. The van der Waals surface area contributed by atoms with E-state index in [1.165, 1.54) is 16.9 Å². The van der Waals surface area contributed by atoms with Crippen LogP contribution in [-0.2, 0) is 11.2 Å². The summed E-state index contributed by atoms with van der Waals surface area (Å²) in [6.07, 6.45) is 0.481. The van der Waals surface area contributed by atoms with E-state index < -0.39 is 0 Å². The zero-order valence-corrected chi connectivity index (χ0v) is 18.9. The van der Waals surface area contributed by atoms with Crippen molar-refractivity contribution < 1.29 is 14.3 Å². The molecule has 0 radical (unpaired) electrons. The van der Waals surface area contributed by atoms with E-state index in [9.17, 15) is 4.79 Å². The summed E-state index contributed by atoms with van der Waals surface area (Å²) >= 11 is 1.38. The number of benzene rings is 1. The number of carbonyl (C=O) groups excluding carboxylic acids is 1. The lowest BCUT2D eigenvalue weighted by atomic mass is 10.0. The molecule has 0 aliphatic carbocycles. The number of carbonyl (C=O) groups is 1. The lowest BCUT2D eigenvalue weighted by Gasteiger charge is -2.31. The van der Waals surface area contributed by atoms with Crippen molar-refractivity contribution >= 4 is 17.2 Å². The van der Waals surface area contributed by atoms with Gasteiger partial charge >= 0.3 is 0 Å². The topological polar surface area (TPSA) is 80.3 Å². The van der Waals surface area contributed by atoms with Crippen LogP contribution in [0.15, 0.2) is 35.8 Å². The SMILES string of the molecule is Cc1ncsc1C(=O)N1CCOC(c2cc(CCOc3ccc(C(C)C)cc3)[nH]n2)C1. The number of H-pyrrole nitrogens is 1. The Balaban J connectivity index is 1.30. The number of amides is 1. The molecule has 1 atom stereocenters. The molecule has 7 nitrogen and oxygen atoms in total. The number of hydrogen-bond acceptors (Lipinski definition) is 6. The van der Waals surface area contributed by atoms with Gasteiger partial charge < -0.3 is 14.4 Å². The number of aryl methyl sites for hydroxylation is 1. The molecule has 3 aromatic rings. The first-order valence-corrected chi connectivity index (χ1v) is 11.5. The maximum atomic E-state index is 12.8. The summed E-state index contributed by atoms with van der Waals surface area (Å²) in [6.45, 7) is 8.33. The molecule has 4 rings (SSSR count). The third-order valence-electron chi connectivity index (χ3n) is 5.46. The summed E-state index contributed by atoms with van der Waals surface area (Å²) in [7, 11) is 0. The maximum absolute atomic E-state index is 12.8. The molecule has 1 unspecified atom stereocenters. The average molecular weight is 441 g/mol. The number of morpholine rings is 1. The zero-order chi connectivity index (χ0) is 21.8. The van der Waals surface area contributed by atoms with Crippen molar-refractivity contribution in [1.29, 1.82) is 0 Å². The van der Waals surface area contributed by atoms with Gasteiger partial charge in [0.1, 0.15) is 16.7 Å². The monoisotopic (exact) mass is 440 g/mol. The van der Waals surface area contributed by atoms with E-state index in [2.05, 4.69) is 41.2 Å². The molecule has 0 spiro atoms. The number of nitrogens with one attached hydrogen (secondary N) is 1. The van der Waals surface area contributed by atoms with Gasteiger partial charge in [-0.1, -0.05) is 26.0 Å². The highest BCUT2D eigenvalue weighted by Crippen LogP contribution is 2.24. The summed E-state index contributed by atoms with van der Waals surface area (Å²) < 4.78 is 11.8. The third-order valence-corrected chi connectivity index (χ3v) is 6.38. The smallest absolute Gasteiger partial charge is 0.266 e. The molecule has 1 aliphatic heterocycles. The summed E-state index contributed by atoms with van der Waals surface area (Å²) in [5.74, 6) is 1.39. The Morgan fingerprint density at radius 3 is 2.87 bits per heavy atom. The van der Waals surface area contributed by atoms with E-state index >= 15 is 0 Å². The van der Waals surface area contributed by atoms with Gasteiger partial charge in [0.25, 0.3) is 5.91 Å². The molecule has 1 fully saturated rings. The van der Waals surface area contributed by atoms with Gasteiger partial charge in [0, 0.05) is 18.7 Å². The Hall–Kier alpha value is -2.71. The zero-order valence-electron chi connectivity index (χ0n) is 18.1. The lowest BCUT2D eigenvalue weighted by molar-refractivity contribution is -0.0246. The maximum Gasteiger partial charge on any atom is 0.266 e. The van der Waals surface area contributed by atoms with E-state index in [1.807, 2.05) is 30.0 Å². The highest BCUT2D eigenvalue weighted by Gasteiger charge is 2.29. The number of hydrogen-bond donors (Lipinski definition) is 1. The Morgan fingerprint density at radius 1 is 1.35 bits per heavy atom. The van der Waals surface area contributed by atoms with Gasteiger partial charge in [0.15, 0.2) is 0 Å². The first-order valence-electron chi connectivity index (χ1n) is 10.6. The second-order valence-electron chi connectivity index (χ2n) is 8.02. The van der Waals surface area contributed by atoms with Gasteiger partial charge in [-0.15, -0.1) is 11.3 Å². The Labute approximate surface area is 186 Å². The van der Waals surface area contributed by atoms with Crippen molar-refractivity contribution in [1.82, 2.24) is 20.1 Å². The summed E-state index contributed by atoms with van der Waals surface area (Å²) in [5.41, 5.74) is 5.59. The first-order chi connectivity index (χ1) is 15.0. The quantitative estimate of drug-likeness (QED) is 0.597. The van der Waals surface area contributed by atoms with Crippen LogP contribution in [0.2, 0.25) is 0 Å². The fourth-order valence-corrected chi connectivity index (χ4v) is 4.33. The second-order valence-corrected chi connectivity index (χ2v) is 8.87. The number of thiazole rings is 1. The Bertz CT molecular complexity index is 1010. The molecule has 3 heterocycles. The molecule has 1 aromatic carbocycles. The molecular formula is C23H28N4O3S. The van der Waals surface area contributed by atoms with Crippen molar-refractivity contribution in [3.8, 4) is 5.75 Å². The molecule has 2 aromatic heterocycles. The van der Waals surface area contributed by atoms with E-state index in [-0.39, 0.29) is 12.0 Å². The fourth-order valence-electron chi connectivity index (χ4n) is 3.56. The molecule has 8 heteroatoms. The van der Waals surface area contributed by atoms with Crippen LogP contribution in [0, 0.1) is 6.92 Å². The largest absolute Gasteiger partial charge is 0.493 e. The van der Waals surface area contributed by atoms with Gasteiger partial charge in [-0.3, -0.25) is 9.89 Å². The van der Waals surface area contributed by atoms with Crippen LogP contribution in [0.4, 0.5) is 0 Å². The van der Waals surface area contributed by atoms with Gasteiger partial charge in [0.2, 0.25) is 0 Å². The minimum atomic E-state index is -0.236. The van der Waals surface area contributed by atoms with E-state index in [4.69, 9.17) is 9.47 Å². The average Bonchev–Trinajstić information content (AvgIpc) is 3.43. The van der Waals surface area contributed by atoms with Crippen LogP contribution in [0.3, 0.4) is 0 Å². The predicted molar refractivity (Wildman–Crippen MR) is 120 cm³/mol. The van der Waals surface area contributed by atoms with Gasteiger partial charge in [-0.2, -0.15) is 5.10 Å². The molecule has 0 saturated carbocycles. The van der Waals surface area contributed by atoms with Crippen molar-refractivity contribution in [2.75, 3.05) is 26.3 Å². The van der Waals surface area contributed by atoms with Gasteiger partial charge in [-0.25, -0.2) is 4.98 Å². The summed E-state index contributed by atoms with van der Waals surface area (Å²) in [5, 5.41) is 7.49. The third kappa shape index (κ3) is 5.14. The minimum absolute atomic E-state index is 0.0148. The van der Waals surface area contributed by atoms with Crippen LogP contribution in [-0.4, -0.2) is 52.3 Å². The standard InChI is InChI=1S/C23H28N4O3S/c1-15(2)17-4-6-19(7-5-17)29-10-8-18-12-20(26-25-18)21-13-27(9-11-30-21)23(28)22-16(3)24-14-31-22/h4-7,12,14-15,21H,8-11,13H2,1-3H3,(H,25,26). The molecule has 164 valence electrons. The van der Waals surface area contributed by atoms with Crippen molar-refractivity contribution in [3.63, 3.8) is 0 Å². The Kier molecular flexibility index (Phi) is 6.67. The fraction of sp³-hybridized carbons (Fsp3) is 0.435.